The van der Waals surface area contributed by atoms with E-state index in [1.165, 1.54) is 5.56 Å². The highest BCUT2D eigenvalue weighted by molar-refractivity contribution is 14.0. The van der Waals surface area contributed by atoms with E-state index in [0.717, 1.165) is 29.3 Å². The zero-order chi connectivity index (χ0) is 18.2. The molecule has 1 aromatic carbocycles. The predicted octanol–water partition coefficient (Wildman–Crippen LogP) is 4.21. The van der Waals surface area contributed by atoms with E-state index in [-0.39, 0.29) is 29.9 Å². The van der Waals surface area contributed by atoms with Crippen LogP contribution in [0.25, 0.3) is 0 Å². The van der Waals surface area contributed by atoms with Gasteiger partial charge in [0.2, 0.25) is 5.89 Å². The highest BCUT2D eigenvalue weighted by Gasteiger charge is 2.11. The average molecular weight is 536 g/mol. The van der Waals surface area contributed by atoms with Crippen LogP contribution < -0.4 is 5.32 Å². The van der Waals surface area contributed by atoms with Gasteiger partial charge >= 0.3 is 0 Å². The van der Waals surface area contributed by atoms with Gasteiger partial charge in [-0.25, -0.2) is 0 Å². The molecule has 8 heteroatoms. The van der Waals surface area contributed by atoms with Crippen molar-refractivity contribution >= 4 is 45.9 Å². The molecule has 0 aliphatic rings. The summed E-state index contributed by atoms with van der Waals surface area (Å²) >= 11 is 3.60. The first-order valence-electron chi connectivity index (χ1n) is 8.56. The number of rotatable bonds is 7. The Labute approximate surface area is 181 Å². The normalized spacial score (nSPS) is 11.4. The van der Waals surface area contributed by atoms with Crippen LogP contribution in [0.15, 0.2) is 38.3 Å². The topological polar surface area (TPSA) is 66.5 Å². The summed E-state index contributed by atoms with van der Waals surface area (Å²) in [5.74, 6) is 2.52. The van der Waals surface area contributed by atoms with Gasteiger partial charge in [0, 0.05) is 36.9 Å². The molecule has 0 unspecified atom stereocenters. The van der Waals surface area contributed by atoms with Crippen molar-refractivity contribution in [1.29, 1.82) is 0 Å². The van der Waals surface area contributed by atoms with E-state index in [4.69, 9.17) is 4.52 Å². The third-order valence-corrected chi connectivity index (χ3v) is 4.42. The summed E-state index contributed by atoms with van der Waals surface area (Å²) in [6.45, 7) is 8.35. The molecule has 2 aromatic rings. The molecule has 26 heavy (non-hydrogen) atoms. The van der Waals surface area contributed by atoms with Crippen molar-refractivity contribution in [3.63, 3.8) is 0 Å². The first-order chi connectivity index (χ1) is 12.0. The predicted molar refractivity (Wildman–Crippen MR) is 119 cm³/mol. The molecule has 0 aliphatic carbocycles. The lowest BCUT2D eigenvalue weighted by Crippen LogP contribution is -2.38. The van der Waals surface area contributed by atoms with Crippen LogP contribution in [-0.4, -0.2) is 41.1 Å². The van der Waals surface area contributed by atoms with Crippen LogP contribution in [0, 0.1) is 0 Å². The fourth-order valence-electron chi connectivity index (χ4n) is 2.29. The number of benzene rings is 1. The maximum Gasteiger partial charge on any atom is 0.228 e. The second-order valence-electron chi connectivity index (χ2n) is 6.13. The zero-order valence-corrected chi connectivity index (χ0v) is 19.6. The fourth-order valence-corrected chi connectivity index (χ4v) is 2.70. The molecule has 0 saturated heterocycles. The van der Waals surface area contributed by atoms with Gasteiger partial charge in [-0.05, 0) is 18.6 Å². The van der Waals surface area contributed by atoms with Crippen molar-refractivity contribution < 1.29 is 4.52 Å². The molecule has 6 nitrogen and oxygen atoms in total. The minimum atomic E-state index is 0. The number of hydrogen-bond acceptors (Lipinski definition) is 4. The number of nitrogens with one attached hydrogen (secondary N) is 1. The molecule has 0 amide bonds. The van der Waals surface area contributed by atoms with E-state index in [0.29, 0.717) is 18.9 Å². The summed E-state index contributed by atoms with van der Waals surface area (Å²) in [4.78, 5) is 11.2. The van der Waals surface area contributed by atoms with Gasteiger partial charge in [0.1, 0.15) is 0 Å². The highest BCUT2D eigenvalue weighted by atomic mass is 127. The SMILES string of the molecule is CCNC(=NCCc1nc(C(C)C)no1)N(C)Cc1ccccc1Br.I. The van der Waals surface area contributed by atoms with E-state index in [9.17, 15) is 0 Å². The molecule has 1 aromatic heterocycles. The summed E-state index contributed by atoms with van der Waals surface area (Å²) in [6.07, 6.45) is 0.636. The van der Waals surface area contributed by atoms with Crippen LogP contribution in [0.4, 0.5) is 0 Å². The first-order valence-corrected chi connectivity index (χ1v) is 9.35. The summed E-state index contributed by atoms with van der Waals surface area (Å²) in [6, 6.07) is 8.22. The van der Waals surface area contributed by atoms with Gasteiger partial charge in [0.05, 0.1) is 6.54 Å². The minimum Gasteiger partial charge on any atom is -0.357 e. The van der Waals surface area contributed by atoms with Gasteiger partial charge in [0.15, 0.2) is 11.8 Å². The van der Waals surface area contributed by atoms with Gasteiger partial charge in [-0.3, -0.25) is 4.99 Å². The van der Waals surface area contributed by atoms with Gasteiger partial charge in [-0.1, -0.05) is 53.1 Å². The molecule has 0 spiro atoms. The summed E-state index contributed by atoms with van der Waals surface area (Å²) in [7, 11) is 2.03. The number of hydrogen-bond donors (Lipinski definition) is 1. The number of halogens is 2. The molecule has 2 rings (SSSR count). The molecule has 1 N–H and O–H groups in total. The van der Waals surface area contributed by atoms with E-state index < -0.39 is 0 Å². The standard InChI is InChI=1S/C18H26BrN5O.HI/c1-5-20-18(24(4)12-14-8-6-7-9-15(14)19)21-11-10-16-22-17(13(2)3)23-25-16;/h6-9,13H,5,10-12H2,1-4H3,(H,20,21);1H. The monoisotopic (exact) mass is 535 g/mol. The molecular weight excluding hydrogens is 509 g/mol. The molecule has 0 radical (unpaired) electrons. The van der Waals surface area contributed by atoms with Crippen LogP contribution in [0.1, 0.15) is 44.0 Å². The van der Waals surface area contributed by atoms with E-state index in [2.05, 4.69) is 60.3 Å². The Morgan fingerprint density at radius 2 is 2.08 bits per heavy atom. The molecule has 0 aliphatic heterocycles. The average Bonchev–Trinajstić information content (AvgIpc) is 3.05. The number of guanidine groups is 1. The maximum atomic E-state index is 5.27. The zero-order valence-electron chi connectivity index (χ0n) is 15.7. The molecule has 144 valence electrons. The number of aliphatic imine (C=N–C) groups is 1. The van der Waals surface area contributed by atoms with E-state index in [1.54, 1.807) is 0 Å². The molecule has 0 saturated carbocycles. The largest absolute Gasteiger partial charge is 0.357 e. The highest BCUT2D eigenvalue weighted by Crippen LogP contribution is 2.17. The lowest BCUT2D eigenvalue weighted by molar-refractivity contribution is 0.372. The summed E-state index contributed by atoms with van der Waals surface area (Å²) in [5, 5.41) is 7.31. The van der Waals surface area contributed by atoms with Crippen LogP contribution in [0.2, 0.25) is 0 Å². The lowest BCUT2D eigenvalue weighted by Gasteiger charge is -2.22. The Bertz CT molecular complexity index is 704. The van der Waals surface area contributed by atoms with Crippen LogP contribution in [0.5, 0.6) is 0 Å². The summed E-state index contributed by atoms with van der Waals surface area (Å²) < 4.78 is 6.37. The fraction of sp³-hybridized carbons (Fsp3) is 0.500. The smallest absolute Gasteiger partial charge is 0.228 e. The van der Waals surface area contributed by atoms with Crippen molar-refractivity contribution in [2.75, 3.05) is 20.1 Å². The van der Waals surface area contributed by atoms with Crippen molar-refractivity contribution in [2.45, 2.75) is 39.7 Å². The Morgan fingerprint density at radius 3 is 2.69 bits per heavy atom. The van der Waals surface area contributed by atoms with Crippen molar-refractivity contribution in [3.8, 4) is 0 Å². The third-order valence-electron chi connectivity index (χ3n) is 3.65. The van der Waals surface area contributed by atoms with Crippen LogP contribution in [-0.2, 0) is 13.0 Å². The van der Waals surface area contributed by atoms with Crippen LogP contribution in [0.3, 0.4) is 0 Å². The van der Waals surface area contributed by atoms with Crippen molar-refractivity contribution in [2.24, 2.45) is 4.99 Å². The Hall–Kier alpha value is -1.16. The molecular formula is C18H27BrIN5O. The second kappa shape index (κ2) is 11.5. The van der Waals surface area contributed by atoms with E-state index >= 15 is 0 Å². The molecule has 0 bridgehead atoms. The molecule has 0 fully saturated rings. The van der Waals surface area contributed by atoms with Crippen LogP contribution >= 0.6 is 39.9 Å². The maximum absolute atomic E-state index is 5.27. The third kappa shape index (κ3) is 6.86. The van der Waals surface area contributed by atoms with Crippen molar-refractivity contribution in [1.82, 2.24) is 20.4 Å². The van der Waals surface area contributed by atoms with Gasteiger partial charge in [-0.15, -0.1) is 24.0 Å². The Balaban J connectivity index is 0.00000338. The Morgan fingerprint density at radius 1 is 1.35 bits per heavy atom. The number of aromatic nitrogens is 2. The van der Waals surface area contributed by atoms with E-state index in [1.807, 2.05) is 33.0 Å². The molecule has 0 atom stereocenters. The van der Waals surface area contributed by atoms with Gasteiger partial charge in [-0.2, -0.15) is 4.98 Å². The van der Waals surface area contributed by atoms with Crippen molar-refractivity contribution in [3.05, 3.63) is 46.0 Å². The first kappa shape index (κ1) is 22.9. The number of nitrogens with zero attached hydrogens (tertiary/aromatic N) is 4. The second-order valence-corrected chi connectivity index (χ2v) is 6.99. The minimum absolute atomic E-state index is 0. The quantitative estimate of drug-likeness (QED) is 0.327. The molecule has 1 heterocycles. The van der Waals surface area contributed by atoms with Gasteiger partial charge < -0.3 is 14.7 Å². The van der Waals surface area contributed by atoms with Gasteiger partial charge in [0.25, 0.3) is 0 Å². The summed E-state index contributed by atoms with van der Waals surface area (Å²) in [5.41, 5.74) is 1.22. The lowest BCUT2D eigenvalue weighted by atomic mass is 10.2. The Kier molecular flexibility index (Phi) is 10.1.